The summed E-state index contributed by atoms with van der Waals surface area (Å²) in [6.45, 7) is 0. The van der Waals surface area contributed by atoms with Crippen molar-refractivity contribution in [1.29, 1.82) is 0 Å². The smallest absolute Gasteiger partial charge is 1.00 e. The number of imidazole rings is 1. The molecule has 0 aliphatic heterocycles. The van der Waals surface area contributed by atoms with Gasteiger partial charge in [0.1, 0.15) is 0 Å². The van der Waals surface area contributed by atoms with Crippen LogP contribution in [0.4, 0.5) is 0 Å². The Morgan fingerprint density at radius 3 is 2.57 bits per heavy atom. The molecule has 1 aromatic heterocycles. The number of hydrogen-bond acceptors (Lipinski definition) is 4. The molecule has 8 heteroatoms. The van der Waals surface area contributed by atoms with E-state index in [1.54, 1.807) is 6.20 Å². The van der Waals surface area contributed by atoms with Crippen LogP contribution in [0.1, 0.15) is 5.69 Å². The van der Waals surface area contributed by atoms with E-state index in [9.17, 15) is 9.90 Å². The fourth-order valence-corrected chi connectivity index (χ4v) is 0.711. The van der Waals surface area contributed by atoms with Crippen LogP contribution in [-0.2, 0) is 11.2 Å². The number of nitrogens with zero attached hydrogens (tertiary/aromatic N) is 1. The van der Waals surface area contributed by atoms with Crippen molar-refractivity contribution in [1.82, 2.24) is 9.97 Å². The number of carboxylic acids is 1. The number of rotatable bonds is 3. The van der Waals surface area contributed by atoms with E-state index in [1.807, 2.05) is 0 Å². The van der Waals surface area contributed by atoms with Crippen LogP contribution in [0, 0.1) is 0 Å². The Labute approximate surface area is 132 Å². The van der Waals surface area contributed by atoms with Gasteiger partial charge in [0.15, 0.2) is 0 Å². The van der Waals surface area contributed by atoms with E-state index in [0.717, 1.165) is 0 Å². The van der Waals surface area contributed by atoms with E-state index in [1.165, 1.54) is 6.33 Å². The predicted molar refractivity (Wildman–Crippen MR) is 35.3 cm³/mol. The van der Waals surface area contributed by atoms with E-state index < -0.39 is 12.0 Å². The van der Waals surface area contributed by atoms with Crippen molar-refractivity contribution in [3.63, 3.8) is 0 Å². The number of carboxylic acid groups (broad SMARTS) is 1. The summed E-state index contributed by atoms with van der Waals surface area (Å²) < 4.78 is 0. The summed E-state index contributed by atoms with van der Waals surface area (Å²) in [5, 5.41) is 10.2. The molecule has 1 aromatic rings. The van der Waals surface area contributed by atoms with Crippen molar-refractivity contribution in [3.8, 4) is 0 Å². The maximum absolute atomic E-state index is 10.2. The van der Waals surface area contributed by atoms with Gasteiger partial charge in [-0.3, -0.25) is 0 Å². The summed E-state index contributed by atoms with van der Waals surface area (Å²) in [6, 6.07) is -0.974. The largest absolute Gasteiger partial charge is 1.00 e. The number of nitrogens with one attached hydrogen (secondary N) is 1. The molecule has 0 fully saturated rings. The van der Waals surface area contributed by atoms with E-state index in [4.69, 9.17) is 5.73 Å². The maximum atomic E-state index is 10.2. The first-order chi connectivity index (χ1) is 5.20. The minimum Gasteiger partial charge on any atom is -1.00 e. The van der Waals surface area contributed by atoms with E-state index in [2.05, 4.69) is 9.97 Å². The summed E-state index contributed by atoms with van der Waals surface area (Å²) >= 11 is 0. The van der Waals surface area contributed by atoms with Gasteiger partial charge in [0.05, 0.1) is 18.0 Å². The molecule has 1 rings (SSSR count). The molecule has 0 spiro atoms. The molecule has 0 saturated heterocycles. The van der Waals surface area contributed by atoms with Gasteiger partial charge in [-0.25, -0.2) is 4.98 Å². The SMILES string of the molecule is N[C@@H](Cc1c[nH]cn1)C(=O)[O-].[Cl-].[Na+].[Na+]. The minimum absolute atomic E-state index is 0. The van der Waals surface area contributed by atoms with Gasteiger partial charge in [-0.15, -0.1) is 0 Å². The van der Waals surface area contributed by atoms with E-state index in [0.29, 0.717) is 5.69 Å². The van der Waals surface area contributed by atoms with Gasteiger partial charge in [-0.05, 0) is 0 Å². The molecule has 0 aliphatic rings. The van der Waals surface area contributed by atoms with Crippen LogP contribution in [0.15, 0.2) is 12.5 Å². The van der Waals surface area contributed by atoms with Gasteiger partial charge in [-0.1, -0.05) is 0 Å². The first kappa shape index (κ1) is 20.4. The van der Waals surface area contributed by atoms with Crippen molar-refractivity contribution >= 4 is 5.97 Å². The first-order valence-corrected chi connectivity index (χ1v) is 3.14. The number of hydrogen-bond donors (Lipinski definition) is 2. The summed E-state index contributed by atoms with van der Waals surface area (Å²) in [5.74, 6) is -1.26. The van der Waals surface area contributed by atoms with Crippen molar-refractivity contribution in [2.24, 2.45) is 5.73 Å². The van der Waals surface area contributed by atoms with Gasteiger partial charge in [0.2, 0.25) is 0 Å². The van der Waals surface area contributed by atoms with Crippen molar-refractivity contribution in [2.75, 3.05) is 0 Å². The number of aromatic nitrogens is 2. The molecule has 14 heavy (non-hydrogen) atoms. The molecular weight excluding hydrogens is 228 g/mol. The van der Waals surface area contributed by atoms with Crippen LogP contribution in [0.25, 0.3) is 0 Å². The molecule has 3 N–H and O–H groups in total. The molecule has 0 bridgehead atoms. The van der Waals surface area contributed by atoms with E-state index >= 15 is 0 Å². The summed E-state index contributed by atoms with van der Waals surface area (Å²) in [5.41, 5.74) is 5.82. The van der Waals surface area contributed by atoms with Crippen LogP contribution in [-0.4, -0.2) is 22.0 Å². The molecule has 1 atom stereocenters. The number of nitrogens with two attached hydrogens (primary N) is 1. The number of halogens is 1. The van der Waals surface area contributed by atoms with Crippen molar-refractivity contribution in [2.45, 2.75) is 12.5 Å². The molecule has 0 saturated carbocycles. The Morgan fingerprint density at radius 1 is 1.64 bits per heavy atom. The third-order valence-electron chi connectivity index (χ3n) is 1.29. The number of H-pyrrole nitrogens is 1. The molecule has 0 unspecified atom stereocenters. The molecule has 1 heterocycles. The van der Waals surface area contributed by atoms with Gasteiger partial charge < -0.3 is 33.0 Å². The molecule has 68 valence electrons. The van der Waals surface area contributed by atoms with Gasteiger partial charge in [-0.2, -0.15) is 0 Å². The van der Waals surface area contributed by atoms with Crippen molar-refractivity contribution < 1.29 is 81.4 Å². The second-order valence-electron chi connectivity index (χ2n) is 2.19. The predicted octanol–water partition coefficient (Wildman–Crippen LogP) is -11.0. The van der Waals surface area contributed by atoms with Gasteiger partial charge in [0, 0.05) is 18.7 Å². The molecular formula is C6H8ClN3Na2O2. The molecule has 0 amide bonds. The second kappa shape index (κ2) is 10.4. The molecule has 0 aromatic carbocycles. The number of aliphatic carboxylic acids is 1. The van der Waals surface area contributed by atoms with Crippen LogP contribution in [0.5, 0.6) is 0 Å². The standard InChI is InChI=1S/C6H9N3O2.ClH.2Na/c7-5(6(10)11)1-4-2-8-3-9-4;;;/h2-3,5H,1,7H2,(H,8,9)(H,10,11);1H;;/q;;2*+1/p-2/t5-;;;/m0.../s1. The Kier molecular flexibility index (Phi) is 15.2. The Balaban J connectivity index is -0.000000403. The Bertz CT molecular complexity index is 245. The van der Waals surface area contributed by atoms with Gasteiger partial charge in [0.25, 0.3) is 0 Å². The number of carbonyl (C=O) groups excluding carboxylic acids is 1. The molecule has 0 aliphatic carbocycles. The van der Waals surface area contributed by atoms with Crippen LogP contribution in [0.2, 0.25) is 0 Å². The Hall–Kier alpha value is 0.930. The summed E-state index contributed by atoms with van der Waals surface area (Å²) in [7, 11) is 0. The molecule has 5 nitrogen and oxygen atoms in total. The summed E-state index contributed by atoms with van der Waals surface area (Å²) in [6.07, 6.45) is 3.27. The van der Waals surface area contributed by atoms with Gasteiger partial charge >= 0.3 is 59.1 Å². The third kappa shape index (κ3) is 7.25. The van der Waals surface area contributed by atoms with Crippen molar-refractivity contribution in [3.05, 3.63) is 18.2 Å². The van der Waals surface area contributed by atoms with E-state index in [-0.39, 0.29) is 77.9 Å². The monoisotopic (exact) mass is 235 g/mol. The number of aromatic amines is 1. The average Bonchev–Trinajstić information content (AvgIpc) is 2.39. The van der Waals surface area contributed by atoms with Crippen LogP contribution < -0.4 is 82.4 Å². The third-order valence-corrected chi connectivity index (χ3v) is 1.29. The Morgan fingerprint density at radius 2 is 2.21 bits per heavy atom. The zero-order valence-electron chi connectivity index (χ0n) is 8.16. The zero-order chi connectivity index (χ0) is 8.27. The quantitative estimate of drug-likeness (QED) is 0.509. The van der Waals surface area contributed by atoms with Crippen LogP contribution >= 0.6 is 0 Å². The molecule has 0 radical (unpaired) electrons. The normalized spacial score (nSPS) is 10.1. The second-order valence-corrected chi connectivity index (χ2v) is 2.19. The zero-order valence-corrected chi connectivity index (χ0v) is 12.9. The maximum Gasteiger partial charge on any atom is 1.00 e. The summed E-state index contributed by atoms with van der Waals surface area (Å²) in [4.78, 5) is 16.7. The first-order valence-electron chi connectivity index (χ1n) is 3.14. The number of carbonyl (C=O) groups is 1. The fraction of sp³-hybridized carbons (Fsp3) is 0.333. The van der Waals surface area contributed by atoms with Crippen LogP contribution in [0.3, 0.4) is 0 Å². The average molecular weight is 236 g/mol. The topological polar surface area (TPSA) is 94.8 Å². The fourth-order valence-electron chi connectivity index (χ4n) is 0.711. The minimum atomic E-state index is -1.26.